The zero-order valence-electron chi connectivity index (χ0n) is 16.4. The minimum absolute atomic E-state index is 0.152. The number of thiazole rings is 1. The van der Waals surface area contributed by atoms with Crippen molar-refractivity contribution in [3.8, 4) is 0 Å². The number of thioether (sulfide) groups is 1. The summed E-state index contributed by atoms with van der Waals surface area (Å²) in [5.41, 5.74) is 1.97. The Morgan fingerprint density at radius 3 is 2.70 bits per heavy atom. The average molecular weight is 442 g/mol. The molecule has 154 valence electrons. The smallest absolute Gasteiger partial charge is 0.328 e. The zero-order chi connectivity index (χ0) is 21.1. The minimum Gasteiger partial charge on any atom is -0.416 e. The predicted molar refractivity (Wildman–Crippen MR) is 115 cm³/mol. The maximum atomic E-state index is 13.0. The maximum absolute atomic E-state index is 13.0. The van der Waals surface area contributed by atoms with Crippen LogP contribution in [0.15, 0.2) is 54.9 Å². The quantitative estimate of drug-likeness (QED) is 0.440. The lowest BCUT2D eigenvalue weighted by atomic mass is 10.1. The predicted octanol–water partition coefficient (Wildman–Crippen LogP) is 2.92. The largest absolute Gasteiger partial charge is 0.416 e. The van der Waals surface area contributed by atoms with Crippen molar-refractivity contribution in [2.45, 2.75) is 37.8 Å². The number of benzene rings is 1. The highest BCUT2D eigenvalue weighted by molar-refractivity contribution is 7.98. The number of nitrogens with zero attached hydrogens (tertiary/aromatic N) is 4. The summed E-state index contributed by atoms with van der Waals surface area (Å²) in [4.78, 5) is 32.5. The van der Waals surface area contributed by atoms with Crippen molar-refractivity contribution in [1.82, 2.24) is 24.7 Å². The summed E-state index contributed by atoms with van der Waals surface area (Å²) < 4.78 is 6.88. The molecular formula is C20H19N5O3S2. The van der Waals surface area contributed by atoms with Gasteiger partial charge < -0.3 is 9.40 Å². The van der Waals surface area contributed by atoms with Gasteiger partial charge in [0.15, 0.2) is 0 Å². The molecule has 0 unspecified atom stereocenters. The second-order valence-corrected chi connectivity index (χ2v) is 8.68. The number of rotatable bonds is 7. The molecule has 0 aliphatic heterocycles. The second-order valence-electron chi connectivity index (χ2n) is 6.70. The van der Waals surface area contributed by atoms with Crippen LogP contribution in [-0.4, -0.2) is 24.7 Å². The molecular weight excluding hydrogens is 422 g/mol. The Morgan fingerprint density at radius 1 is 1.17 bits per heavy atom. The lowest BCUT2D eigenvalue weighted by Crippen LogP contribution is -2.38. The van der Waals surface area contributed by atoms with E-state index in [0.29, 0.717) is 28.1 Å². The Bertz CT molecular complexity index is 1270. The second kappa shape index (κ2) is 8.80. The fraction of sp³-hybridized carbons (Fsp3) is 0.250. The van der Waals surface area contributed by atoms with Crippen LogP contribution < -0.4 is 11.2 Å². The number of hydrogen-bond donors (Lipinski definition) is 1. The Balaban J connectivity index is 1.53. The van der Waals surface area contributed by atoms with Gasteiger partial charge in [0.25, 0.3) is 10.8 Å². The highest BCUT2D eigenvalue weighted by atomic mass is 32.2. The van der Waals surface area contributed by atoms with E-state index in [0.717, 1.165) is 16.3 Å². The Hall–Kier alpha value is -2.98. The molecule has 1 aromatic carbocycles. The lowest BCUT2D eigenvalue weighted by Gasteiger charge is -2.09. The van der Waals surface area contributed by atoms with Gasteiger partial charge in [0, 0.05) is 22.4 Å². The summed E-state index contributed by atoms with van der Waals surface area (Å²) >= 11 is 2.99. The molecule has 4 aromatic rings. The van der Waals surface area contributed by atoms with Crippen molar-refractivity contribution < 1.29 is 4.42 Å². The van der Waals surface area contributed by atoms with Gasteiger partial charge in [-0.05, 0) is 19.4 Å². The summed E-state index contributed by atoms with van der Waals surface area (Å²) in [7, 11) is 0. The van der Waals surface area contributed by atoms with Gasteiger partial charge >= 0.3 is 5.69 Å². The topological polar surface area (TPSA) is 107 Å². The molecule has 0 aliphatic rings. The van der Waals surface area contributed by atoms with Crippen LogP contribution in [0, 0.1) is 13.8 Å². The van der Waals surface area contributed by atoms with E-state index in [1.54, 1.807) is 18.3 Å². The monoisotopic (exact) mass is 441 g/mol. The van der Waals surface area contributed by atoms with Gasteiger partial charge in [-0.25, -0.2) is 9.78 Å². The van der Waals surface area contributed by atoms with Crippen LogP contribution in [0.1, 0.15) is 33.4 Å². The number of H-pyrrole nitrogens is 1. The van der Waals surface area contributed by atoms with Crippen LogP contribution in [0.5, 0.6) is 0 Å². The summed E-state index contributed by atoms with van der Waals surface area (Å²) in [6.07, 6.45) is 0.152. The first kappa shape index (κ1) is 20.3. The molecule has 0 aliphatic carbocycles. The van der Waals surface area contributed by atoms with E-state index in [2.05, 4.69) is 20.2 Å². The van der Waals surface area contributed by atoms with Crippen molar-refractivity contribution in [3.05, 3.63) is 90.0 Å². The third kappa shape index (κ3) is 4.60. The van der Waals surface area contributed by atoms with Gasteiger partial charge in [-0.1, -0.05) is 42.1 Å². The van der Waals surface area contributed by atoms with Gasteiger partial charge in [-0.3, -0.25) is 9.36 Å². The van der Waals surface area contributed by atoms with Crippen molar-refractivity contribution in [1.29, 1.82) is 0 Å². The van der Waals surface area contributed by atoms with Crippen molar-refractivity contribution in [2.24, 2.45) is 0 Å². The molecule has 3 aromatic heterocycles. The van der Waals surface area contributed by atoms with E-state index in [4.69, 9.17) is 4.42 Å². The van der Waals surface area contributed by atoms with E-state index in [1.165, 1.54) is 16.3 Å². The Morgan fingerprint density at radius 2 is 1.97 bits per heavy atom. The van der Waals surface area contributed by atoms with Gasteiger partial charge in [0.05, 0.1) is 23.7 Å². The molecule has 10 heteroatoms. The molecule has 0 radical (unpaired) electrons. The fourth-order valence-corrected chi connectivity index (χ4v) is 4.36. The van der Waals surface area contributed by atoms with Crippen LogP contribution in [0.25, 0.3) is 0 Å². The van der Waals surface area contributed by atoms with Gasteiger partial charge in [0.2, 0.25) is 5.89 Å². The molecule has 4 rings (SSSR count). The first-order valence-corrected chi connectivity index (χ1v) is 11.1. The Labute approximate surface area is 180 Å². The van der Waals surface area contributed by atoms with E-state index in [-0.39, 0.29) is 18.5 Å². The van der Waals surface area contributed by atoms with Crippen LogP contribution in [0.4, 0.5) is 0 Å². The van der Waals surface area contributed by atoms with Crippen LogP contribution in [-0.2, 0) is 18.7 Å². The van der Waals surface area contributed by atoms with Gasteiger partial charge in [0.1, 0.15) is 0 Å². The minimum atomic E-state index is -0.439. The number of nitrogens with one attached hydrogen (secondary N) is 1. The third-order valence-corrected chi connectivity index (χ3v) is 6.14. The average Bonchev–Trinajstić information content (AvgIpc) is 3.36. The number of aromatic nitrogens is 5. The summed E-state index contributed by atoms with van der Waals surface area (Å²) in [6.45, 7) is 3.85. The first-order chi connectivity index (χ1) is 14.5. The Kier molecular flexibility index (Phi) is 5.96. The standard InChI is InChI=1S/C20H19N5O3S2/c1-12-16(18(26)25(19(27)21-12)9-14-6-4-3-5-7-14)8-17-23-24-20(28-17)30-11-15-10-29-13(2)22-15/h3-7,10H,8-9,11H2,1-2H3,(H,21,27). The molecule has 0 saturated carbocycles. The van der Waals surface area contributed by atoms with E-state index in [1.807, 2.05) is 42.6 Å². The maximum Gasteiger partial charge on any atom is 0.328 e. The molecule has 3 heterocycles. The van der Waals surface area contributed by atoms with Crippen LogP contribution in [0.2, 0.25) is 0 Å². The fourth-order valence-electron chi connectivity index (χ4n) is 2.97. The molecule has 0 amide bonds. The van der Waals surface area contributed by atoms with Gasteiger partial charge in [-0.2, -0.15) is 0 Å². The highest BCUT2D eigenvalue weighted by Gasteiger charge is 2.16. The molecule has 0 atom stereocenters. The molecule has 0 bridgehead atoms. The molecule has 30 heavy (non-hydrogen) atoms. The third-order valence-electron chi connectivity index (χ3n) is 4.47. The van der Waals surface area contributed by atoms with Crippen molar-refractivity contribution in [2.75, 3.05) is 0 Å². The van der Waals surface area contributed by atoms with Crippen LogP contribution >= 0.6 is 23.1 Å². The normalized spacial score (nSPS) is 11.1. The summed E-state index contributed by atoms with van der Waals surface area (Å²) in [5, 5.41) is 11.5. The van der Waals surface area contributed by atoms with E-state index >= 15 is 0 Å². The molecule has 8 nitrogen and oxygen atoms in total. The summed E-state index contributed by atoms with van der Waals surface area (Å²) in [6, 6.07) is 9.37. The number of aromatic amines is 1. The number of aryl methyl sites for hydroxylation is 2. The summed E-state index contributed by atoms with van der Waals surface area (Å²) in [5.74, 6) is 0.957. The molecule has 1 N–H and O–H groups in total. The SMILES string of the molecule is Cc1nc(CSc2nnc(Cc3c(C)[nH]c(=O)n(Cc4ccccc4)c3=O)o2)cs1. The van der Waals surface area contributed by atoms with E-state index in [9.17, 15) is 9.59 Å². The molecule has 0 fully saturated rings. The van der Waals surface area contributed by atoms with Crippen LogP contribution in [0.3, 0.4) is 0 Å². The first-order valence-electron chi connectivity index (χ1n) is 9.22. The zero-order valence-corrected chi connectivity index (χ0v) is 18.0. The van der Waals surface area contributed by atoms with Crippen molar-refractivity contribution >= 4 is 23.1 Å². The van der Waals surface area contributed by atoms with Gasteiger partial charge in [-0.15, -0.1) is 21.5 Å². The number of hydrogen-bond acceptors (Lipinski definition) is 8. The lowest BCUT2D eigenvalue weighted by molar-refractivity contribution is 0.419. The molecule has 0 saturated heterocycles. The van der Waals surface area contributed by atoms with E-state index < -0.39 is 5.69 Å². The highest BCUT2D eigenvalue weighted by Crippen LogP contribution is 2.23. The van der Waals surface area contributed by atoms with Crippen molar-refractivity contribution in [3.63, 3.8) is 0 Å². The molecule has 0 spiro atoms.